The van der Waals surface area contributed by atoms with Gasteiger partial charge in [-0.2, -0.15) is 0 Å². The third-order valence-corrected chi connectivity index (χ3v) is 5.81. The predicted octanol–water partition coefficient (Wildman–Crippen LogP) is 5.47. The molecule has 136 valence electrons. The highest BCUT2D eigenvalue weighted by molar-refractivity contribution is 7.17. The van der Waals surface area contributed by atoms with E-state index in [1.54, 1.807) is 18.2 Å². The van der Waals surface area contributed by atoms with Crippen molar-refractivity contribution in [1.82, 2.24) is 9.55 Å². The van der Waals surface area contributed by atoms with Crippen molar-refractivity contribution < 1.29 is 4.39 Å². The lowest BCUT2D eigenvalue weighted by molar-refractivity contribution is 0.595. The van der Waals surface area contributed by atoms with E-state index >= 15 is 0 Å². The van der Waals surface area contributed by atoms with Gasteiger partial charge in [0.05, 0.1) is 18.3 Å². The third kappa shape index (κ3) is 2.80. The molecule has 3 nitrogen and oxygen atoms in total. The molecular weight excluding hydrogens is 371 g/mol. The van der Waals surface area contributed by atoms with E-state index in [4.69, 9.17) is 0 Å². The standard InChI is InChI=1S/C23H15FN2OS/c24-20-8-4-3-7-18(20)12-26-14-25-22-21(23(26)27)19(13-28-22)17-10-9-15-5-1-2-6-16(15)11-17/h1-11,13-14H,12H2. The van der Waals surface area contributed by atoms with Crippen LogP contribution in [0.4, 0.5) is 4.39 Å². The van der Waals surface area contributed by atoms with Crippen LogP contribution in [0.2, 0.25) is 0 Å². The number of fused-ring (bicyclic) bond motifs is 2. The first-order chi connectivity index (χ1) is 13.7. The van der Waals surface area contributed by atoms with Gasteiger partial charge in [0, 0.05) is 16.5 Å². The average molecular weight is 386 g/mol. The van der Waals surface area contributed by atoms with Gasteiger partial charge in [-0.15, -0.1) is 11.3 Å². The molecule has 5 aromatic rings. The zero-order valence-electron chi connectivity index (χ0n) is 14.8. The fourth-order valence-electron chi connectivity index (χ4n) is 3.46. The highest BCUT2D eigenvalue weighted by atomic mass is 32.1. The smallest absolute Gasteiger partial charge is 0.263 e. The van der Waals surface area contributed by atoms with Crippen LogP contribution in [-0.2, 0) is 6.54 Å². The van der Waals surface area contributed by atoms with E-state index in [0.29, 0.717) is 15.8 Å². The zero-order valence-corrected chi connectivity index (χ0v) is 15.6. The topological polar surface area (TPSA) is 34.9 Å². The van der Waals surface area contributed by atoms with Gasteiger partial charge in [-0.3, -0.25) is 9.36 Å². The number of rotatable bonds is 3. The van der Waals surface area contributed by atoms with Gasteiger partial charge in [0.1, 0.15) is 10.6 Å². The largest absolute Gasteiger partial charge is 0.294 e. The lowest BCUT2D eigenvalue weighted by atomic mass is 10.0. The maximum Gasteiger partial charge on any atom is 0.263 e. The molecule has 3 aromatic carbocycles. The minimum atomic E-state index is -0.324. The van der Waals surface area contributed by atoms with Crippen LogP contribution in [0.25, 0.3) is 32.1 Å². The van der Waals surface area contributed by atoms with E-state index in [-0.39, 0.29) is 17.9 Å². The summed E-state index contributed by atoms with van der Waals surface area (Å²) in [5.74, 6) is -0.324. The molecule has 0 bridgehead atoms. The van der Waals surface area contributed by atoms with Crippen molar-refractivity contribution in [1.29, 1.82) is 0 Å². The second kappa shape index (κ2) is 6.69. The Balaban J connectivity index is 1.66. The molecule has 0 radical (unpaired) electrons. The second-order valence-electron chi connectivity index (χ2n) is 6.66. The Morgan fingerprint density at radius 3 is 2.61 bits per heavy atom. The highest BCUT2D eigenvalue weighted by Gasteiger charge is 2.14. The van der Waals surface area contributed by atoms with Gasteiger partial charge < -0.3 is 0 Å². The fraction of sp³-hybridized carbons (Fsp3) is 0.0435. The quantitative estimate of drug-likeness (QED) is 0.412. The van der Waals surface area contributed by atoms with Crippen molar-refractivity contribution in [2.75, 3.05) is 0 Å². The summed E-state index contributed by atoms with van der Waals surface area (Å²) < 4.78 is 15.5. The van der Waals surface area contributed by atoms with Gasteiger partial charge >= 0.3 is 0 Å². The molecule has 0 spiro atoms. The number of thiophene rings is 1. The Kier molecular flexibility index (Phi) is 4.02. The maximum atomic E-state index is 14.0. The SMILES string of the molecule is O=c1c2c(-c3ccc4ccccc4c3)csc2ncn1Cc1ccccc1F. The molecule has 0 saturated carbocycles. The third-order valence-electron chi connectivity index (χ3n) is 4.92. The number of benzene rings is 3. The van der Waals surface area contributed by atoms with Gasteiger partial charge in [-0.1, -0.05) is 54.6 Å². The minimum absolute atomic E-state index is 0.154. The molecule has 0 amide bonds. The summed E-state index contributed by atoms with van der Waals surface area (Å²) in [5.41, 5.74) is 2.16. The molecule has 0 aliphatic rings. The Morgan fingerprint density at radius 2 is 1.75 bits per heavy atom. The molecule has 2 aromatic heterocycles. The first-order valence-electron chi connectivity index (χ1n) is 8.90. The first-order valence-corrected chi connectivity index (χ1v) is 9.78. The molecule has 0 aliphatic heterocycles. The molecule has 2 heterocycles. The molecule has 0 fully saturated rings. The monoisotopic (exact) mass is 386 g/mol. The van der Waals surface area contributed by atoms with Crippen LogP contribution in [-0.4, -0.2) is 9.55 Å². The summed E-state index contributed by atoms with van der Waals surface area (Å²) in [7, 11) is 0. The summed E-state index contributed by atoms with van der Waals surface area (Å²) in [4.78, 5) is 18.3. The van der Waals surface area contributed by atoms with Crippen molar-refractivity contribution >= 4 is 32.3 Å². The molecule has 0 atom stereocenters. The average Bonchev–Trinajstić information content (AvgIpc) is 3.16. The Labute approximate surface area is 164 Å². The van der Waals surface area contributed by atoms with Crippen molar-refractivity contribution in [3.05, 3.63) is 100 Å². The summed E-state index contributed by atoms with van der Waals surface area (Å²) in [6.07, 6.45) is 1.50. The van der Waals surface area contributed by atoms with E-state index in [2.05, 4.69) is 29.2 Å². The molecule has 0 N–H and O–H groups in total. The second-order valence-corrected chi connectivity index (χ2v) is 7.52. The van der Waals surface area contributed by atoms with Crippen LogP contribution < -0.4 is 5.56 Å². The maximum absolute atomic E-state index is 14.0. The van der Waals surface area contributed by atoms with Gasteiger partial charge in [-0.25, -0.2) is 9.37 Å². The van der Waals surface area contributed by atoms with Crippen LogP contribution in [0.5, 0.6) is 0 Å². The highest BCUT2D eigenvalue weighted by Crippen LogP contribution is 2.32. The van der Waals surface area contributed by atoms with E-state index in [1.165, 1.54) is 28.3 Å². The van der Waals surface area contributed by atoms with Crippen molar-refractivity contribution in [3.63, 3.8) is 0 Å². The molecule has 5 heteroatoms. The van der Waals surface area contributed by atoms with Gasteiger partial charge in [0.15, 0.2) is 0 Å². The Bertz CT molecular complexity index is 1390. The number of hydrogen-bond donors (Lipinski definition) is 0. The van der Waals surface area contributed by atoms with Crippen LogP contribution in [0, 0.1) is 5.82 Å². The number of hydrogen-bond acceptors (Lipinski definition) is 3. The van der Waals surface area contributed by atoms with Gasteiger partial charge in [0.25, 0.3) is 5.56 Å². The normalized spacial score (nSPS) is 11.3. The van der Waals surface area contributed by atoms with Crippen molar-refractivity contribution in [3.8, 4) is 11.1 Å². The van der Waals surface area contributed by atoms with Gasteiger partial charge in [-0.05, 0) is 28.5 Å². The molecule has 0 saturated heterocycles. The Morgan fingerprint density at radius 1 is 0.964 bits per heavy atom. The molecule has 28 heavy (non-hydrogen) atoms. The summed E-state index contributed by atoms with van der Waals surface area (Å²) in [6.45, 7) is 0.154. The van der Waals surface area contributed by atoms with Gasteiger partial charge in [0.2, 0.25) is 0 Å². The van der Waals surface area contributed by atoms with Crippen LogP contribution in [0.15, 0.2) is 83.2 Å². The van der Waals surface area contributed by atoms with Crippen LogP contribution >= 0.6 is 11.3 Å². The number of nitrogens with zero attached hydrogens (tertiary/aromatic N) is 2. The molecule has 5 rings (SSSR count). The van der Waals surface area contributed by atoms with Crippen LogP contribution in [0.1, 0.15) is 5.56 Å². The molecule has 0 aliphatic carbocycles. The minimum Gasteiger partial charge on any atom is -0.294 e. The lowest BCUT2D eigenvalue weighted by Crippen LogP contribution is -2.21. The lowest BCUT2D eigenvalue weighted by Gasteiger charge is -2.08. The number of aromatic nitrogens is 2. The molecular formula is C23H15FN2OS. The zero-order chi connectivity index (χ0) is 19.1. The van der Waals surface area contributed by atoms with E-state index in [9.17, 15) is 9.18 Å². The predicted molar refractivity (Wildman–Crippen MR) is 112 cm³/mol. The first kappa shape index (κ1) is 16.8. The number of halogens is 1. The summed E-state index contributed by atoms with van der Waals surface area (Å²) >= 11 is 1.45. The fourth-order valence-corrected chi connectivity index (χ4v) is 4.37. The van der Waals surface area contributed by atoms with Crippen LogP contribution in [0.3, 0.4) is 0 Å². The summed E-state index contributed by atoms with van der Waals surface area (Å²) in [5, 5.41) is 4.83. The van der Waals surface area contributed by atoms with E-state index < -0.39 is 0 Å². The van der Waals surface area contributed by atoms with E-state index in [1.807, 2.05) is 23.6 Å². The molecule has 0 unspecified atom stereocenters. The summed E-state index contributed by atoms with van der Waals surface area (Å²) in [6, 6.07) is 20.8. The Hall–Kier alpha value is -3.31. The van der Waals surface area contributed by atoms with E-state index in [0.717, 1.165) is 21.9 Å². The van der Waals surface area contributed by atoms with Crippen molar-refractivity contribution in [2.24, 2.45) is 0 Å². The van der Waals surface area contributed by atoms with Crippen molar-refractivity contribution in [2.45, 2.75) is 6.54 Å².